The third-order valence-electron chi connectivity index (χ3n) is 3.62. The molecule has 0 aromatic heterocycles. The van der Waals surface area contributed by atoms with Gasteiger partial charge in [-0.2, -0.15) is 0 Å². The number of hydrogen-bond donors (Lipinski definition) is 1. The Balaban J connectivity index is 2.05. The molecule has 2 heterocycles. The number of allylic oxidation sites excluding steroid dienone is 1. The lowest BCUT2D eigenvalue weighted by molar-refractivity contribution is 1.07. The van der Waals surface area contributed by atoms with E-state index in [1.807, 2.05) is 0 Å². The highest BCUT2D eigenvalue weighted by molar-refractivity contribution is 7.99. The van der Waals surface area contributed by atoms with Crippen LogP contribution < -0.4 is 10.6 Å². The van der Waals surface area contributed by atoms with Crippen LogP contribution in [-0.4, -0.2) is 0 Å². The molecular formula is C17H14N2S. The zero-order valence-electron chi connectivity index (χ0n) is 10.9. The molecule has 98 valence electrons. The van der Waals surface area contributed by atoms with Gasteiger partial charge in [0.2, 0.25) is 0 Å². The van der Waals surface area contributed by atoms with Gasteiger partial charge in [0.1, 0.15) is 0 Å². The van der Waals surface area contributed by atoms with Crippen LogP contribution in [0.1, 0.15) is 12.0 Å². The van der Waals surface area contributed by atoms with E-state index in [-0.39, 0.29) is 0 Å². The number of fused-ring (bicyclic) bond motifs is 5. The summed E-state index contributed by atoms with van der Waals surface area (Å²) in [5.41, 5.74) is 10.8. The maximum atomic E-state index is 6.31. The lowest BCUT2D eigenvalue weighted by Gasteiger charge is -2.28. The Morgan fingerprint density at radius 2 is 1.70 bits per heavy atom. The molecule has 0 saturated carbocycles. The minimum Gasteiger partial charge on any atom is -0.400 e. The minimum absolute atomic E-state index is 0.813. The molecule has 2 nitrogen and oxygen atoms in total. The first-order chi connectivity index (χ1) is 9.84. The molecule has 0 amide bonds. The number of benzene rings is 2. The van der Waals surface area contributed by atoms with Crippen LogP contribution in [0, 0.1) is 0 Å². The van der Waals surface area contributed by atoms with Gasteiger partial charge >= 0.3 is 0 Å². The van der Waals surface area contributed by atoms with Crippen molar-refractivity contribution in [1.29, 1.82) is 0 Å². The van der Waals surface area contributed by atoms with Crippen molar-refractivity contribution in [3.05, 3.63) is 72.1 Å². The SMILES string of the molecule is NC1=C2c3ccccc3Sc3ccccc3N2C=CC1. The van der Waals surface area contributed by atoms with E-state index >= 15 is 0 Å². The molecule has 0 saturated heterocycles. The highest BCUT2D eigenvalue weighted by Crippen LogP contribution is 2.46. The zero-order valence-corrected chi connectivity index (χ0v) is 11.7. The van der Waals surface area contributed by atoms with Gasteiger partial charge in [0, 0.05) is 33.7 Å². The van der Waals surface area contributed by atoms with Crippen molar-refractivity contribution in [2.75, 3.05) is 4.90 Å². The second-order valence-electron chi connectivity index (χ2n) is 4.90. The monoisotopic (exact) mass is 278 g/mol. The third kappa shape index (κ3) is 1.67. The Morgan fingerprint density at radius 3 is 2.60 bits per heavy atom. The molecule has 20 heavy (non-hydrogen) atoms. The van der Waals surface area contributed by atoms with Crippen LogP contribution in [0.4, 0.5) is 5.69 Å². The van der Waals surface area contributed by atoms with Crippen LogP contribution in [0.5, 0.6) is 0 Å². The van der Waals surface area contributed by atoms with Gasteiger partial charge in [-0.3, -0.25) is 0 Å². The van der Waals surface area contributed by atoms with Crippen molar-refractivity contribution in [1.82, 2.24) is 0 Å². The predicted molar refractivity (Wildman–Crippen MR) is 84.4 cm³/mol. The van der Waals surface area contributed by atoms with Crippen molar-refractivity contribution in [3.8, 4) is 0 Å². The molecule has 0 bridgehead atoms. The van der Waals surface area contributed by atoms with E-state index in [0.29, 0.717) is 0 Å². The average molecular weight is 278 g/mol. The minimum atomic E-state index is 0.813. The molecule has 2 aliphatic heterocycles. The summed E-state index contributed by atoms with van der Waals surface area (Å²) in [5, 5.41) is 0. The molecule has 0 spiro atoms. The lowest BCUT2D eigenvalue weighted by atomic mass is 10.0. The highest BCUT2D eigenvalue weighted by Gasteiger charge is 2.26. The van der Waals surface area contributed by atoms with Crippen molar-refractivity contribution in [2.45, 2.75) is 16.2 Å². The molecule has 0 unspecified atom stereocenters. The van der Waals surface area contributed by atoms with E-state index in [1.54, 1.807) is 11.8 Å². The van der Waals surface area contributed by atoms with E-state index in [9.17, 15) is 0 Å². The lowest BCUT2D eigenvalue weighted by Crippen LogP contribution is -2.21. The molecule has 2 aliphatic rings. The van der Waals surface area contributed by atoms with Crippen LogP contribution in [-0.2, 0) is 0 Å². The third-order valence-corrected chi connectivity index (χ3v) is 4.77. The Morgan fingerprint density at radius 1 is 0.950 bits per heavy atom. The molecule has 0 atom stereocenters. The van der Waals surface area contributed by atoms with Gasteiger partial charge in [0.15, 0.2) is 0 Å². The van der Waals surface area contributed by atoms with Crippen molar-refractivity contribution >= 4 is 23.1 Å². The second-order valence-corrected chi connectivity index (χ2v) is 5.98. The van der Waals surface area contributed by atoms with Gasteiger partial charge in [0.25, 0.3) is 0 Å². The number of anilines is 1. The fourth-order valence-corrected chi connectivity index (χ4v) is 3.80. The summed E-state index contributed by atoms with van der Waals surface area (Å²) in [7, 11) is 0. The number of nitrogens with zero attached hydrogens (tertiary/aromatic N) is 1. The number of nitrogens with two attached hydrogens (primary N) is 1. The molecule has 0 fully saturated rings. The maximum absolute atomic E-state index is 6.31. The highest BCUT2D eigenvalue weighted by atomic mass is 32.2. The van der Waals surface area contributed by atoms with E-state index in [4.69, 9.17) is 5.73 Å². The molecular weight excluding hydrogens is 264 g/mol. The summed E-state index contributed by atoms with van der Waals surface area (Å²) in [6.45, 7) is 0. The molecule has 2 aromatic carbocycles. The predicted octanol–water partition coefficient (Wildman–Crippen LogP) is 4.20. The van der Waals surface area contributed by atoms with Crippen molar-refractivity contribution < 1.29 is 0 Å². The Kier molecular flexibility index (Phi) is 2.60. The van der Waals surface area contributed by atoms with E-state index in [2.05, 4.69) is 65.7 Å². The topological polar surface area (TPSA) is 29.3 Å². The quantitative estimate of drug-likeness (QED) is 0.783. The molecule has 0 radical (unpaired) electrons. The van der Waals surface area contributed by atoms with Crippen LogP contribution in [0.15, 0.2) is 76.3 Å². The number of rotatable bonds is 0. The first-order valence-corrected chi connectivity index (χ1v) is 7.47. The van der Waals surface area contributed by atoms with Gasteiger partial charge in [-0.25, -0.2) is 0 Å². The fraction of sp³-hybridized carbons (Fsp3) is 0.0588. The van der Waals surface area contributed by atoms with Crippen LogP contribution in [0.2, 0.25) is 0 Å². The van der Waals surface area contributed by atoms with Crippen LogP contribution >= 0.6 is 11.8 Å². The smallest absolute Gasteiger partial charge is 0.0731 e. The summed E-state index contributed by atoms with van der Waals surface area (Å²) in [4.78, 5) is 4.73. The van der Waals surface area contributed by atoms with Gasteiger partial charge < -0.3 is 10.6 Å². The Labute approximate surface area is 122 Å². The van der Waals surface area contributed by atoms with E-state index < -0.39 is 0 Å². The van der Waals surface area contributed by atoms with E-state index in [1.165, 1.54) is 21.0 Å². The molecule has 2 aromatic rings. The standard InChI is InChI=1S/C17H14N2S/c18-13-7-5-11-19-14-8-2-4-10-16(14)20-15-9-3-1-6-12(15)17(13)19/h1-6,8-11H,7,18H2. The molecule has 3 heteroatoms. The second kappa shape index (κ2) is 4.46. The maximum Gasteiger partial charge on any atom is 0.0731 e. The van der Waals surface area contributed by atoms with Gasteiger partial charge in [0.05, 0.1) is 11.4 Å². The van der Waals surface area contributed by atoms with Crippen LogP contribution in [0.3, 0.4) is 0 Å². The zero-order chi connectivity index (χ0) is 13.5. The number of para-hydroxylation sites is 1. The van der Waals surface area contributed by atoms with Crippen LogP contribution in [0.25, 0.3) is 5.70 Å². The first-order valence-electron chi connectivity index (χ1n) is 6.65. The van der Waals surface area contributed by atoms with Gasteiger partial charge in [-0.1, -0.05) is 48.2 Å². The molecule has 0 aliphatic carbocycles. The summed E-state index contributed by atoms with van der Waals surface area (Å²) in [5.74, 6) is 0. The molecule has 4 rings (SSSR count). The fourth-order valence-electron chi connectivity index (χ4n) is 2.73. The molecule has 2 N–H and O–H groups in total. The average Bonchev–Trinajstić information content (AvgIpc) is 2.62. The summed E-state index contributed by atoms with van der Waals surface area (Å²) >= 11 is 1.81. The Bertz CT molecular complexity index is 746. The summed E-state index contributed by atoms with van der Waals surface area (Å²) < 4.78 is 0. The Hall–Kier alpha value is -2.13. The summed E-state index contributed by atoms with van der Waals surface area (Å²) in [6.07, 6.45) is 5.06. The van der Waals surface area contributed by atoms with Crippen molar-refractivity contribution in [3.63, 3.8) is 0 Å². The van der Waals surface area contributed by atoms with Gasteiger partial charge in [-0.05, 0) is 18.2 Å². The van der Waals surface area contributed by atoms with Gasteiger partial charge in [-0.15, -0.1) is 0 Å². The first kappa shape index (κ1) is 11.7. The number of hydrogen-bond acceptors (Lipinski definition) is 3. The van der Waals surface area contributed by atoms with Crippen molar-refractivity contribution in [2.24, 2.45) is 5.73 Å². The summed E-state index contributed by atoms with van der Waals surface area (Å²) in [6, 6.07) is 17.0. The normalized spacial score (nSPS) is 16.3. The largest absolute Gasteiger partial charge is 0.400 e. The van der Waals surface area contributed by atoms with E-state index in [0.717, 1.165) is 17.8 Å².